The number of fused-ring (bicyclic) bond motifs is 1. The summed E-state index contributed by atoms with van der Waals surface area (Å²) in [5, 5.41) is 3.17. The summed E-state index contributed by atoms with van der Waals surface area (Å²) in [6.07, 6.45) is 5.98. The van der Waals surface area contributed by atoms with Crippen molar-refractivity contribution in [3.05, 3.63) is 65.5 Å². The average molecular weight is 437 g/mol. The van der Waals surface area contributed by atoms with Crippen LogP contribution in [0, 0.1) is 5.82 Å². The minimum Gasteiger partial charge on any atom is -0.487 e. The van der Waals surface area contributed by atoms with Crippen LogP contribution >= 0.6 is 0 Å². The van der Waals surface area contributed by atoms with Crippen LogP contribution in [0.25, 0.3) is 0 Å². The highest BCUT2D eigenvalue weighted by Gasteiger charge is 2.44. The lowest BCUT2D eigenvalue weighted by Crippen LogP contribution is -2.52. The van der Waals surface area contributed by atoms with Gasteiger partial charge in [-0.25, -0.2) is 4.39 Å². The summed E-state index contributed by atoms with van der Waals surface area (Å²) in [4.78, 5) is 27.3. The molecule has 1 N–H and O–H groups in total. The smallest absolute Gasteiger partial charge is 0.253 e. The summed E-state index contributed by atoms with van der Waals surface area (Å²) in [6, 6.07) is 14.2. The number of para-hydroxylation sites is 1. The Morgan fingerprint density at radius 2 is 1.88 bits per heavy atom. The van der Waals surface area contributed by atoms with Gasteiger partial charge in [0.2, 0.25) is 5.91 Å². The van der Waals surface area contributed by atoms with Gasteiger partial charge < -0.3 is 15.0 Å². The Kier molecular flexibility index (Phi) is 5.62. The first-order valence-corrected chi connectivity index (χ1v) is 11.6. The van der Waals surface area contributed by atoms with Gasteiger partial charge in [-0.15, -0.1) is 0 Å². The van der Waals surface area contributed by atoms with E-state index in [1.807, 2.05) is 18.2 Å². The van der Waals surface area contributed by atoms with Crippen molar-refractivity contribution in [1.29, 1.82) is 0 Å². The Morgan fingerprint density at radius 3 is 2.59 bits per heavy atom. The fourth-order valence-corrected chi connectivity index (χ4v) is 5.22. The van der Waals surface area contributed by atoms with Crippen molar-refractivity contribution >= 4 is 11.8 Å². The van der Waals surface area contributed by atoms with Crippen molar-refractivity contribution in [1.82, 2.24) is 10.2 Å². The number of nitrogens with one attached hydrogen (secondary N) is 1. The first-order chi connectivity index (χ1) is 15.5. The Balaban J connectivity index is 1.28. The van der Waals surface area contributed by atoms with E-state index in [1.54, 1.807) is 17.0 Å². The number of amides is 2. The van der Waals surface area contributed by atoms with E-state index in [2.05, 4.69) is 11.4 Å². The van der Waals surface area contributed by atoms with Gasteiger partial charge in [0.25, 0.3) is 5.91 Å². The summed E-state index contributed by atoms with van der Waals surface area (Å²) < 4.78 is 20.1. The van der Waals surface area contributed by atoms with Crippen LogP contribution < -0.4 is 10.1 Å². The van der Waals surface area contributed by atoms with Crippen LogP contribution in [0.2, 0.25) is 0 Å². The van der Waals surface area contributed by atoms with E-state index in [1.165, 1.54) is 18.6 Å². The molecule has 0 bridgehead atoms. The molecule has 1 atom stereocenters. The van der Waals surface area contributed by atoms with Crippen LogP contribution in [0.15, 0.2) is 48.5 Å². The molecule has 32 heavy (non-hydrogen) atoms. The molecule has 0 radical (unpaired) electrons. The van der Waals surface area contributed by atoms with Crippen molar-refractivity contribution in [2.45, 2.75) is 62.5 Å². The minimum atomic E-state index is -0.403. The molecule has 168 valence electrons. The molecule has 1 saturated heterocycles. The van der Waals surface area contributed by atoms with E-state index < -0.39 is 5.82 Å². The molecule has 2 aliphatic heterocycles. The van der Waals surface area contributed by atoms with Gasteiger partial charge in [-0.05, 0) is 55.5 Å². The molecule has 2 aromatic rings. The highest BCUT2D eigenvalue weighted by Crippen LogP contribution is 2.46. The maximum absolute atomic E-state index is 13.6. The van der Waals surface area contributed by atoms with Crippen LogP contribution in [0.3, 0.4) is 0 Å². The van der Waals surface area contributed by atoms with Crippen molar-refractivity contribution < 1.29 is 18.7 Å². The normalized spacial score (nSPS) is 21.9. The number of benzene rings is 2. The summed E-state index contributed by atoms with van der Waals surface area (Å²) in [6.45, 7) is 1.11. The van der Waals surface area contributed by atoms with Crippen molar-refractivity contribution in [3.63, 3.8) is 0 Å². The topological polar surface area (TPSA) is 58.6 Å². The van der Waals surface area contributed by atoms with Gasteiger partial charge in [-0.3, -0.25) is 9.59 Å². The first-order valence-electron chi connectivity index (χ1n) is 11.6. The molecule has 5 rings (SSSR count). The summed E-state index contributed by atoms with van der Waals surface area (Å²) >= 11 is 0. The van der Waals surface area contributed by atoms with E-state index in [-0.39, 0.29) is 23.3 Å². The quantitative estimate of drug-likeness (QED) is 0.772. The summed E-state index contributed by atoms with van der Waals surface area (Å²) in [7, 11) is 0. The van der Waals surface area contributed by atoms with Crippen LogP contribution in [-0.2, 0) is 4.79 Å². The van der Waals surface area contributed by atoms with E-state index >= 15 is 0 Å². The third kappa shape index (κ3) is 4.23. The largest absolute Gasteiger partial charge is 0.487 e. The number of ether oxygens (including phenoxy) is 1. The Hall–Kier alpha value is -2.89. The number of likely N-dealkylation sites (tertiary alicyclic amines) is 1. The molecule has 1 aliphatic carbocycles. The van der Waals surface area contributed by atoms with E-state index in [4.69, 9.17) is 4.74 Å². The second-order valence-electron chi connectivity index (χ2n) is 9.43. The zero-order valence-corrected chi connectivity index (χ0v) is 18.2. The fourth-order valence-electron chi connectivity index (χ4n) is 5.22. The Morgan fingerprint density at radius 1 is 1.09 bits per heavy atom. The van der Waals surface area contributed by atoms with E-state index in [9.17, 15) is 14.0 Å². The van der Waals surface area contributed by atoms with Crippen LogP contribution in [0.4, 0.5) is 4.39 Å². The fraction of sp³-hybridized carbons (Fsp3) is 0.462. The standard InChI is InChI=1S/C26H29FN2O3/c27-20-6-3-5-18(15-20)25(31)29-13-11-26(12-14-29)17-19(16-24(30)28-21-7-4-8-21)22-9-1-2-10-23(22)32-26/h1-3,5-6,9-10,15,19,21H,4,7-8,11-14,16-17H2,(H,28,30). The van der Waals surface area contributed by atoms with Gasteiger partial charge in [-0.1, -0.05) is 24.3 Å². The SMILES string of the molecule is O=C(CC1CC2(CCN(C(=O)c3cccc(F)c3)CC2)Oc2ccccc21)NC1CCC1. The highest BCUT2D eigenvalue weighted by atomic mass is 19.1. The predicted octanol–water partition coefficient (Wildman–Crippen LogP) is 4.43. The number of rotatable bonds is 4. The molecular formula is C26H29FN2O3. The highest BCUT2D eigenvalue weighted by molar-refractivity contribution is 5.94. The number of carbonyl (C=O) groups excluding carboxylic acids is 2. The molecule has 0 aromatic heterocycles. The van der Waals surface area contributed by atoms with Crippen molar-refractivity contribution in [3.8, 4) is 5.75 Å². The molecule has 1 unspecified atom stereocenters. The van der Waals surface area contributed by atoms with Crippen molar-refractivity contribution in [2.24, 2.45) is 0 Å². The molecule has 1 saturated carbocycles. The summed E-state index contributed by atoms with van der Waals surface area (Å²) in [5.74, 6) is 0.521. The van der Waals surface area contributed by atoms with Gasteiger partial charge in [0.1, 0.15) is 17.2 Å². The van der Waals surface area contributed by atoms with E-state index in [0.29, 0.717) is 44.0 Å². The molecule has 2 fully saturated rings. The second-order valence-corrected chi connectivity index (χ2v) is 9.43. The zero-order valence-electron chi connectivity index (χ0n) is 18.2. The van der Waals surface area contributed by atoms with E-state index in [0.717, 1.165) is 30.6 Å². The lowest BCUT2D eigenvalue weighted by Gasteiger charge is -2.47. The molecule has 2 aromatic carbocycles. The third-order valence-corrected chi connectivity index (χ3v) is 7.24. The number of carbonyl (C=O) groups is 2. The van der Waals surface area contributed by atoms with Gasteiger partial charge in [-0.2, -0.15) is 0 Å². The average Bonchev–Trinajstić information content (AvgIpc) is 2.76. The maximum atomic E-state index is 13.6. The third-order valence-electron chi connectivity index (χ3n) is 7.24. The first kappa shape index (κ1) is 21.0. The van der Waals surface area contributed by atoms with Crippen LogP contribution in [-0.4, -0.2) is 41.4 Å². The molecule has 3 aliphatic rings. The lowest BCUT2D eigenvalue weighted by molar-refractivity contribution is -0.123. The van der Waals surface area contributed by atoms with Gasteiger partial charge in [0, 0.05) is 49.9 Å². The Labute approximate surface area is 187 Å². The number of hydrogen-bond donors (Lipinski definition) is 1. The lowest BCUT2D eigenvalue weighted by atomic mass is 9.76. The Bertz CT molecular complexity index is 1010. The summed E-state index contributed by atoms with van der Waals surface area (Å²) in [5.41, 5.74) is 1.09. The minimum absolute atomic E-state index is 0.102. The van der Waals surface area contributed by atoms with Gasteiger partial charge >= 0.3 is 0 Å². The van der Waals surface area contributed by atoms with Crippen LogP contribution in [0.1, 0.15) is 66.8 Å². The number of hydrogen-bond acceptors (Lipinski definition) is 3. The molecule has 6 heteroatoms. The maximum Gasteiger partial charge on any atom is 0.253 e. The van der Waals surface area contributed by atoms with Crippen LogP contribution in [0.5, 0.6) is 5.75 Å². The molecule has 1 spiro atoms. The number of nitrogens with zero attached hydrogens (tertiary/aromatic N) is 1. The predicted molar refractivity (Wildman–Crippen MR) is 119 cm³/mol. The number of piperidine rings is 1. The monoisotopic (exact) mass is 436 g/mol. The van der Waals surface area contributed by atoms with Gasteiger partial charge in [0.05, 0.1) is 0 Å². The number of halogens is 1. The van der Waals surface area contributed by atoms with Crippen molar-refractivity contribution in [2.75, 3.05) is 13.1 Å². The van der Waals surface area contributed by atoms with Gasteiger partial charge in [0.15, 0.2) is 0 Å². The molecule has 5 nitrogen and oxygen atoms in total. The molecular weight excluding hydrogens is 407 g/mol. The zero-order chi connectivity index (χ0) is 22.1. The molecule has 2 heterocycles. The molecule has 2 amide bonds. The second kappa shape index (κ2) is 8.57.